The van der Waals surface area contributed by atoms with E-state index in [1.54, 1.807) is 6.92 Å². The lowest BCUT2D eigenvalue weighted by atomic mass is 10.1. The highest BCUT2D eigenvalue weighted by molar-refractivity contribution is 5.72. The summed E-state index contributed by atoms with van der Waals surface area (Å²) in [4.78, 5) is 22.0. The lowest BCUT2D eigenvalue weighted by Crippen LogP contribution is -2.37. The Labute approximate surface area is 101 Å². The lowest BCUT2D eigenvalue weighted by molar-refractivity contribution is -0.142. The molecule has 0 heterocycles. The van der Waals surface area contributed by atoms with Crippen molar-refractivity contribution in [3.63, 3.8) is 0 Å². The van der Waals surface area contributed by atoms with Crippen LogP contribution < -0.4 is 5.32 Å². The van der Waals surface area contributed by atoms with Crippen molar-refractivity contribution in [1.82, 2.24) is 5.32 Å². The number of aldehydes is 1. The Morgan fingerprint density at radius 2 is 2.12 bits per heavy atom. The van der Waals surface area contributed by atoms with Crippen LogP contribution in [0.5, 0.6) is 0 Å². The molecule has 0 bridgehead atoms. The molecule has 0 fully saturated rings. The van der Waals surface area contributed by atoms with Crippen molar-refractivity contribution in [3.8, 4) is 0 Å². The summed E-state index contributed by atoms with van der Waals surface area (Å²) >= 11 is 0. The Kier molecular flexibility index (Phi) is 5.96. The van der Waals surface area contributed by atoms with Crippen molar-refractivity contribution in [1.29, 1.82) is 0 Å². The number of carbonyl (C=O) groups excluding carboxylic acids is 2. The molecule has 0 unspecified atom stereocenters. The summed E-state index contributed by atoms with van der Waals surface area (Å²) in [5.41, 5.74) is 1.06. The van der Waals surface area contributed by atoms with Crippen LogP contribution in [0.2, 0.25) is 0 Å². The van der Waals surface area contributed by atoms with Gasteiger partial charge in [-0.25, -0.2) is 0 Å². The van der Waals surface area contributed by atoms with Crippen molar-refractivity contribution < 1.29 is 14.3 Å². The van der Waals surface area contributed by atoms with Gasteiger partial charge >= 0.3 is 5.97 Å². The first-order chi connectivity index (χ1) is 8.26. The van der Waals surface area contributed by atoms with Crippen LogP contribution in [-0.2, 0) is 20.7 Å². The van der Waals surface area contributed by atoms with Crippen LogP contribution in [0, 0.1) is 0 Å². The number of carbonyl (C=O) groups is 2. The molecular formula is C13H17NO3. The lowest BCUT2D eigenvalue weighted by Gasteiger charge is -2.11. The van der Waals surface area contributed by atoms with Gasteiger partial charge < -0.3 is 9.53 Å². The predicted octanol–water partition coefficient (Wildman–Crippen LogP) is 0.949. The summed E-state index contributed by atoms with van der Waals surface area (Å²) in [5.74, 6) is -0.340. The third-order valence-electron chi connectivity index (χ3n) is 2.28. The van der Waals surface area contributed by atoms with Gasteiger partial charge in [-0.3, -0.25) is 10.1 Å². The van der Waals surface area contributed by atoms with E-state index in [0.29, 0.717) is 13.0 Å². The van der Waals surface area contributed by atoms with Gasteiger partial charge in [-0.2, -0.15) is 0 Å². The van der Waals surface area contributed by atoms with Crippen LogP contribution in [-0.4, -0.2) is 31.4 Å². The van der Waals surface area contributed by atoms with Crippen LogP contribution in [0.3, 0.4) is 0 Å². The number of benzene rings is 1. The van der Waals surface area contributed by atoms with Crippen molar-refractivity contribution in [2.24, 2.45) is 0 Å². The minimum Gasteiger partial charge on any atom is -0.465 e. The van der Waals surface area contributed by atoms with Crippen molar-refractivity contribution in [2.75, 3.05) is 13.2 Å². The maximum absolute atomic E-state index is 11.1. The van der Waals surface area contributed by atoms with Gasteiger partial charge in [-0.1, -0.05) is 30.3 Å². The summed E-state index contributed by atoms with van der Waals surface area (Å²) in [6.07, 6.45) is 1.38. The number of rotatable bonds is 7. The molecule has 0 saturated heterocycles. The number of ether oxygens (including phenoxy) is 1. The summed E-state index contributed by atoms with van der Waals surface area (Å²) in [5, 5.41) is 2.86. The molecule has 1 atom stereocenters. The van der Waals surface area contributed by atoms with Crippen LogP contribution in [0.1, 0.15) is 12.5 Å². The molecule has 0 aromatic heterocycles. The zero-order chi connectivity index (χ0) is 12.5. The number of hydrogen-bond acceptors (Lipinski definition) is 4. The first-order valence-electron chi connectivity index (χ1n) is 5.64. The average Bonchev–Trinajstić information content (AvgIpc) is 2.36. The van der Waals surface area contributed by atoms with E-state index in [1.165, 1.54) is 0 Å². The van der Waals surface area contributed by atoms with E-state index in [0.717, 1.165) is 11.8 Å². The summed E-state index contributed by atoms with van der Waals surface area (Å²) in [6.45, 7) is 2.16. The Hall–Kier alpha value is -1.68. The quantitative estimate of drug-likeness (QED) is 0.564. The number of esters is 1. The zero-order valence-corrected chi connectivity index (χ0v) is 9.89. The van der Waals surface area contributed by atoms with E-state index in [2.05, 4.69) is 5.32 Å². The monoisotopic (exact) mass is 235 g/mol. The average molecular weight is 235 g/mol. The fourth-order valence-electron chi connectivity index (χ4n) is 1.46. The fraction of sp³-hybridized carbons (Fsp3) is 0.385. The second-order valence-corrected chi connectivity index (χ2v) is 3.62. The molecule has 0 amide bonds. The Bertz CT molecular complexity index is 351. The molecular weight excluding hydrogens is 218 g/mol. The Balaban J connectivity index is 2.39. The fourth-order valence-corrected chi connectivity index (χ4v) is 1.46. The molecule has 92 valence electrons. The number of nitrogens with one attached hydrogen (secondary N) is 1. The van der Waals surface area contributed by atoms with Gasteiger partial charge in [-0.05, 0) is 18.9 Å². The van der Waals surface area contributed by atoms with E-state index in [4.69, 9.17) is 4.74 Å². The highest BCUT2D eigenvalue weighted by atomic mass is 16.5. The second-order valence-electron chi connectivity index (χ2n) is 3.62. The van der Waals surface area contributed by atoms with Crippen molar-refractivity contribution in [2.45, 2.75) is 19.4 Å². The van der Waals surface area contributed by atoms with Crippen molar-refractivity contribution in [3.05, 3.63) is 35.9 Å². The van der Waals surface area contributed by atoms with Crippen LogP contribution in [0.25, 0.3) is 0 Å². The normalized spacial score (nSPS) is 11.8. The van der Waals surface area contributed by atoms with Gasteiger partial charge in [0.1, 0.15) is 6.29 Å². The smallest absolute Gasteiger partial charge is 0.319 e. The van der Waals surface area contributed by atoms with Crippen molar-refractivity contribution >= 4 is 12.3 Å². The Morgan fingerprint density at radius 1 is 1.41 bits per heavy atom. The molecule has 1 rings (SSSR count). The summed E-state index contributed by atoms with van der Waals surface area (Å²) in [7, 11) is 0. The molecule has 4 nitrogen and oxygen atoms in total. The van der Waals surface area contributed by atoms with Gasteiger partial charge in [-0.15, -0.1) is 0 Å². The predicted molar refractivity (Wildman–Crippen MR) is 64.6 cm³/mol. The minimum atomic E-state index is -0.359. The molecule has 0 aliphatic carbocycles. The molecule has 1 aromatic carbocycles. The maximum atomic E-state index is 11.1. The molecule has 1 N–H and O–H groups in total. The number of hydrogen-bond donors (Lipinski definition) is 1. The third-order valence-corrected chi connectivity index (χ3v) is 2.28. The topological polar surface area (TPSA) is 55.4 Å². The molecule has 1 aromatic rings. The van der Waals surface area contributed by atoms with E-state index in [-0.39, 0.29) is 18.6 Å². The van der Waals surface area contributed by atoms with Crippen LogP contribution in [0.4, 0.5) is 0 Å². The minimum absolute atomic E-state index is 0.0596. The second kappa shape index (κ2) is 7.57. The van der Waals surface area contributed by atoms with Gasteiger partial charge in [0.15, 0.2) is 0 Å². The van der Waals surface area contributed by atoms with E-state index >= 15 is 0 Å². The van der Waals surface area contributed by atoms with Gasteiger partial charge in [0.2, 0.25) is 0 Å². The highest BCUT2D eigenvalue weighted by Gasteiger charge is 2.10. The van der Waals surface area contributed by atoms with Gasteiger partial charge in [0.05, 0.1) is 19.2 Å². The van der Waals surface area contributed by atoms with E-state index in [1.807, 2.05) is 30.3 Å². The molecule has 0 aliphatic rings. The summed E-state index contributed by atoms with van der Waals surface area (Å²) < 4.78 is 4.77. The summed E-state index contributed by atoms with van der Waals surface area (Å²) in [6, 6.07) is 9.29. The van der Waals surface area contributed by atoms with E-state index < -0.39 is 0 Å². The maximum Gasteiger partial charge on any atom is 0.319 e. The molecule has 0 aliphatic heterocycles. The van der Waals surface area contributed by atoms with Crippen LogP contribution >= 0.6 is 0 Å². The SMILES string of the molecule is CCOC(=O)CN[C@H](C=O)Cc1ccccc1. The van der Waals surface area contributed by atoms with Gasteiger partial charge in [0.25, 0.3) is 0 Å². The molecule has 17 heavy (non-hydrogen) atoms. The first-order valence-corrected chi connectivity index (χ1v) is 5.64. The highest BCUT2D eigenvalue weighted by Crippen LogP contribution is 2.01. The third kappa shape index (κ3) is 5.26. The zero-order valence-electron chi connectivity index (χ0n) is 9.89. The standard InChI is InChI=1S/C13H17NO3/c1-2-17-13(16)9-14-12(10-15)8-11-6-4-3-5-7-11/h3-7,10,12,14H,2,8-9H2,1H3/t12-/m0/s1. The molecule has 0 radical (unpaired) electrons. The largest absolute Gasteiger partial charge is 0.465 e. The molecule has 0 saturated carbocycles. The first kappa shape index (κ1) is 13.4. The van der Waals surface area contributed by atoms with Gasteiger partial charge in [0, 0.05) is 0 Å². The van der Waals surface area contributed by atoms with Crippen LogP contribution in [0.15, 0.2) is 30.3 Å². The molecule has 4 heteroatoms. The Morgan fingerprint density at radius 3 is 2.71 bits per heavy atom. The van der Waals surface area contributed by atoms with E-state index in [9.17, 15) is 9.59 Å². The molecule has 0 spiro atoms.